The molecule has 4 nitrogen and oxygen atoms in total. The Labute approximate surface area is 93.8 Å². The van der Waals surface area contributed by atoms with Gasteiger partial charge in [0, 0.05) is 6.54 Å². The van der Waals surface area contributed by atoms with Gasteiger partial charge in [0.25, 0.3) is 0 Å². The quantitative estimate of drug-likeness (QED) is 0.739. The molecule has 0 bridgehead atoms. The number of aryl methyl sites for hydroxylation is 1. The summed E-state index contributed by atoms with van der Waals surface area (Å²) < 4.78 is 7.10. The van der Waals surface area contributed by atoms with E-state index in [0.29, 0.717) is 11.4 Å². The van der Waals surface area contributed by atoms with E-state index < -0.39 is 0 Å². The molecule has 1 aromatic carbocycles. The fraction of sp³-hybridized carbons (Fsp3) is 0.333. The van der Waals surface area contributed by atoms with E-state index in [0.717, 1.165) is 30.2 Å². The van der Waals surface area contributed by atoms with E-state index in [1.165, 1.54) is 0 Å². The van der Waals surface area contributed by atoms with E-state index in [4.69, 9.17) is 4.74 Å². The number of hydrogen-bond donors (Lipinski definition) is 0. The highest BCUT2D eigenvalue weighted by Gasteiger charge is 2.13. The lowest BCUT2D eigenvalue weighted by atomic mass is 10.2. The van der Waals surface area contributed by atoms with Gasteiger partial charge in [-0.05, 0) is 18.6 Å². The predicted molar refractivity (Wildman–Crippen MR) is 62.0 cm³/mol. The average molecular weight is 218 g/mol. The second-order valence-corrected chi connectivity index (χ2v) is 3.58. The molecule has 0 atom stereocenters. The fourth-order valence-electron chi connectivity index (χ4n) is 1.86. The molecule has 0 aliphatic heterocycles. The van der Waals surface area contributed by atoms with Gasteiger partial charge in [-0.25, -0.2) is 0 Å². The van der Waals surface area contributed by atoms with E-state index in [-0.39, 0.29) is 0 Å². The zero-order chi connectivity index (χ0) is 11.5. The third-order valence-electron chi connectivity index (χ3n) is 2.53. The summed E-state index contributed by atoms with van der Waals surface area (Å²) in [5.74, 6) is 0.696. The van der Waals surface area contributed by atoms with Crippen molar-refractivity contribution in [3.63, 3.8) is 0 Å². The molecule has 0 amide bonds. The first-order valence-corrected chi connectivity index (χ1v) is 5.30. The lowest BCUT2D eigenvalue weighted by Crippen LogP contribution is -1.98. The Hall–Kier alpha value is -1.84. The normalized spacial score (nSPS) is 10.6. The number of rotatable bonds is 4. The molecular formula is C12H14N2O2. The number of fused-ring (bicyclic) bond motifs is 1. The number of carbonyl (C=O) groups is 1. The van der Waals surface area contributed by atoms with Gasteiger partial charge in [-0.1, -0.05) is 13.0 Å². The zero-order valence-electron chi connectivity index (χ0n) is 9.43. The van der Waals surface area contributed by atoms with Crippen LogP contribution in [0.15, 0.2) is 18.2 Å². The third-order valence-corrected chi connectivity index (χ3v) is 2.53. The lowest BCUT2D eigenvalue weighted by molar-refractivity contribution is 0.111. The van der Waals surface area contributed by atoms with Gasteiger partial charge in [0.15, 0.2) is 6.29 Å². The van der Waals surface area contributed by atoms with Crippen LogP contribution in [0.1, 0.15) is 23.8 Å². The Morgan fingerprint density at radius 3 is 2.94 bits per heavy atom. The Bertz CT molecular complexity index is 517. The maximum atomic E-state index is 11.0. The zero-order valence-corrected chi connectivity index (χ0v) is 9.43. The van der Waals surface area contributed by atoms with E-state index >= 15 is 0 Å². The van der Waals surface area contributed by atoms with Crippen molar-refractivity contribution in [2.24, 2.45) is 0 Å². The summed E-state index contributed by atoms with van der Waals surface area (Å²) >= 11 is 0. The van der Waals surface area contributed by atoms with Gasteiger partial charge in [-0.2, -0.15) is 5.10 Å². The molecule has 2 rings (SSSR count). The number of ether oxygens (including phenoxy) is 1. The number of nitrogens with zero attached hydrogens (tertiary/aromatic N) is 2. The van der Waals surface area contributed by atoms with E-state index in [9.17, 15) is 4.79 Å². The highest BCUT2D eigenvalue weighted by molar-refractivity contribution is 5.99. The van der Waals surface area contributed by atoms with Gasteiger partial charge in [0.1, 0.15) is 11.4 Å². The Morgan fingerprint density at radius 1 is 1.50 bits per heavy atom. The Balaban J connectivity index is 2.73. The van der Waals surface area contributed by atoms with Gasteiger partial charge in [-0.3, -0.25) is 9.48 Å². The van der Waals surface area contributed by atoms with Crippen LogP contribution in [0.25, 0.3) is 10.9 Å². The maximum absolute atomic E-state index is 11.0. The topological polar surface area (TPSA) is 44.1 Å². The molecule has 1 heterocycles. The molecule has 0 saturated carbocycles. The number of benzene rings is 1. The standard InChI is InChI=1S/C12H14N2O2/c1-3-7-14-10-5-4-6-11(16-2)12(10)9(8-15)13-14/h4-6,8H,3,7H2,1-2H3. The second-order valence-electron chi connectivity index (χ2n) is 3.58. The molecule has 84 valence electrons. The number of carbonyl (C=O) groups excluding carboxylic acids is 1. The molecule has 0 fully saturated rings. The molecule has 2 aromatic rings. The van der Waals surface area contributed by atoms with Crippen LogP contribution < -0.4 is 4.74 Å². The molecule has 0 saturated heterocycles. The molecule has 0 aliphatic rings. The highest BCUT2D eigenvalue weighted by Crippen LogP contribution is 2.27. The molecule has 1 aromatic heterocycles. The summed E-state index contributed by atoms with van der Waals surface area (Å²) in [6.07, 6.45) is 1.75. The number of methoxy groups -OCH3 is 1. The summed E-state index contributed by atoms with van der Waals surface area (Å²) in [6, 6.07) is 5.70. The largest absolute Gasteiger partial charge is 0.496 e. The first-order chi connectivity index (χ1) is 7.81. The van der Waals surface area contributed by atoms with Crippen LogP contribution >= 0.6 is 0 Å². The molecule has 0 aliphatic carbocycles. The van der Waals surface area contributed by atoms with E-state index in [2.05, 4.69) is 12.0 Å². The van der Waals surface area contributed by atoms with Crippen molar-refractivity contribution in [3.8, 4) is 5.75 Å². The minimum absolute atomic E-state index is 0.445. The van der Waals surface area contributed by atoms with Crippen LogP contribution in [0.2, 0.25) is 0 Å². The van der Waals surface area contributed by atoms with Crippen LogP contribution in [0.5, 0.6) is 5.75 Å². The van der Waals surface area contributed by atoms with Crippen molar-refractivity contribution in [1.29, 1.82) is 0 Å². The molecule has 4 heteroatoms. The maximum Gasteiger partial charge on any atom is 0.171 e. The summed E-state index contributed by atoms with van der Waals surface area (Å²) in [7, 11) is 1.60. The van der Waals surface area contributed by atoms with Crippen LogP contribution in [0.4, 0.5) is 0 Å². The third kappa shape index (κ3) is 1.56. The molecule has 0 N–H and O–H groups in total. The smallest absolute Gasteiger partial charge is 0.171 e. The molecule has 0 spiro atoms. The minimum atomic E-state index is 0.445. The van der Waals surface area contributed by atoms with Crippen LogP contribution in [-0.2, 0) is 6.54 Å². The van der Waals surface area contributed by atoms with Crippen molar-refractivity contribution in [1.82, 2.24) is 9.78 Å². The molecule has 0 radical (unpaired) electrons. The van der Waals surface area contributed by atoms with E-state index in [1.54, 1.807) is 7.11 Å². The summed E-state index contributed by atoms with van der Waals surface area (Å²) in [5.41, 5.74) is 1.39. The highest BCUT2D eigenvalue weighted by atomic mass is 16.5. The Kier molecular flexibility index (Phi) is 2.90. The summed E-state index contributed by atoms with van der Waals surface area (Å²) in [4.78, 5) is 11.0. The molecular weight excluding hydrogens is 204 g/mol. The fourth-order valence-corrected chi connectivity index (χ4v) is 1.86. The predicted octanol–water partition coefficient (Wildman–Crippen LogP) is 2.27. The van der Waals surface area contributed by atoms with Crippen molar-refractivity contribution in [3.05, 3.63) is 23.9 Å². The van der Waals surface area contributed by atoms with Crippen LogP contribution in [-0.4, -0.2) is 23.2 Å². The molecule has 16 heavy (non-hydrogen) atoms. The average Bonchev–Trinajstić information content (AvgIpc) is 2.68. The minimum Gasteiger partial charge on any atom is -0.496 e. The van der Waals surface area contributed by atoms with Gasteiger partial charge in [0.2, 0.25) is 0 Å². The van der Waals surface area contributed by atoms with Crippen LogP contribution in [0, 0.1) is 0 Å². The van der Waals surface area contributed by atoms with E-state index in [1.807, 2.05) is 22.9 Å². The van der Waals surface area contributed by atoms with Crippen molar-refractivity contribution >= 4 is 17.2 Å². The second kappa shape index (κ2) is 4.35. The van der Waals surface area contributed by atoms with Gasteiger partial charge in [0.05, 0.1) is 18.0 Å². The SMILES string of the molecule is CCCn1nc(C=O)c2c(OC)cccc21. The van der Waals surface area contributed by atoms with Gasteiger partial charge >= 0.3 is 0 Å². The van der Waals surface area contributed by atoms with Crippen molar-refractivity contribution in [2.75, 3.05) is 7.11 Å². The first kappa shape index (κ1) is 10.7. The molecule has 0 unspecified atom stereocenters. The summed E-state index contributed by atoms with van der Waals surface area (Å²) in [6.45, 7) is 2.88. The van der Waals surface area contributed by atoms with Gasteiger partial charge < -0.3 is 4.74 Å². The number of hydrogen-bond acceptors (Lipinski definition) is 3. The monoisotopic (exact) mass is 218 g/mol. The first-order valence-electron chi connectivity index (χ1n) is 5.30. The van der Waals surface area contributed by atoms with Crippen molar-refractivity contribution < 1.29 is 9.53 Å². The summed E-state index contributed by atoms with van der Waals surface area (Å²) in [5, 5.41) is 5.07. The lowest BCUT2D eigenvalue weighted by Gasteiger charge is -2.03. The van der Waals surface area contributed by atoms with Crippen molar-refractivity contribution in [2.45, 2.75) is 19.9 Å². The number of aldehydes is 1. The Morgan fingerprint density at radius 2 is 2.31 bits per heavy atom. The van der Waals surface area contributed by atoms with Crippen LogP contribution in [0.3, 0.4) is 0 Å². The number of aromatic nitrogens is 2. The van der Waals surface area contributed by atoms with Gasteiger partial charge in [-0.15, -0.1) is 0 Å².